The van der Waals surface area contributed by atoms with Crippen LogP contribution in [-0.4, -0.2) is 12.6 Å². The predicted molar refractivity (Wildman–Crippen MR) is 54.6 cm³/mol. The summed E-state index contributed by atoms with van der Waals surface area (Å²) >= 11 is 3.32. The Bertz CT molecular complexity index is 328. The molecule has 0 bridgehead atoms. The van der Waals surface area contributed by atoms with Crippen molar-refractivity contribution in [2.75, 3.05) is 6.67 Å². The Balaban J connectivity index is 2.74. The number of hydrogen-bond acceptors (Lipinski definition) is 2. The fraction of sp³-hybridized carbons (Fsp3) is 0.300. The fourth-order valence-corrected chi connectivity index (χ4v) is 1.70. The van der Waals surface area contributed by atoms with Crippen molar-refractivity contribution in [1.82, 2.24) is 0 Å². The highest BCUT2D eigenvalue weighted by molar-refractivity contribution is 9.10. The van der Waals surface area contributed by atoms with Crippen molar-refractivity contribution in [1.29, 1.82) is 0 Å². The van der Waals surface area contributed by atoms with Gasteiger partial charge in [-0.15, -0.1) is 0 Å². The first kappa shape index (κ1) is 11.2. The average molecular weight is 261 g/mol. The quantitative estimate of drug-likeness (QED) is 0.782. The first-order valence-corrected chi connectivity index (χ1v) is 4.94. The molecular weight excluding hydrogens is 251 g/mol. The SMILES string of the molecule is CC(OC(=O)CF)c1ccccc1Br. The molecule has 0 N–H and O–H groups in total. The van der Waals surface area contributed by atoms with Crippen molar-refractivity contribution < 1.29 is 13.9 Å². The van der Waals surface area contributed by atoms with Gasteiger partial charge in [-0.05, 0) is 13.0 Å². The van der Waals surface area contributed by atoms with Gasteiger partial charge < -0.3 is 4.74 Å². The largest absolute Gasteiger partial charge is 0.456 e. The molecule has 0 aliphatic rings. The molecule has 0 aliphatic heterocycles. The normalized spacial score (nSPS) is 12.2. The Kier molecular flexibility index (Phi) is 4.07. The third-order valence-electron chi connectivity index (χ3n) is 1.76. The minimum atomic E-state index is -1.09. The molecule has 76 valence electrons. The second-order valence-corrected chi connectivity index (χ2v) is 3.64. The highest BCUT2D eigenvalue weighted by Crippen LogP contribution is 2.25. The minimum Gasteiger partial charge on any atom is -0.456 e. The van der Waals surface area contributed by atoms with E-state index in [4.69, 9.17) is 4.74 Å². The van der Waals surface area contributed by atoms with Gasteiger partial charge in [0.15, 0.2) is 6.67 Å². The van der Waals surface area contributed by atoms with Gasteiger partial charge in [0, 0.05) is 10.0 Å². The molecule has 0 heterocycles. The molecule has 2 nitrogen and oxygen atoms in total. The zero-order chi connectivity index (χ0) is 10.6. The van der Waals surface area contributed by atoms with E-state index in [-0.39, 0.29) is 0 Å². The van der Waals surface area contributed by atoms with Crippen molar-refractivity contribution in [3.8, 4) is 0 Å². The van der Waals surface area contributed by atoms with Crippen LogP contribution in [0.4, 0.5) is 4.39 Å². The van der Waals surface area contributed by atoms with Crippen molar-refractivity contribution in [3.63, 3.8) is 0 Å². The number of rotatable bonds is 3. The second-order valence-electron chi connectivity index (χ2n) is 2.79. The summed E-state index contributed by atoms with van der Waals surface area (Å²) in [6.07, 6.45) is -0.436. The van der Waals surface area contributed by atoms with Crippen LogP contribution in [0.5, 0.6) is 0 Å². The molecule has 0 aliphatic carbocycles. The molecule has 1 aromatic rings. The van der Waals surface area contributed by atoms with E-state index in [1.54, 1.807) is 6.92 Å². The highest BCUT2D eigenvalue weighted by Gasteiger charge is 2.13. The van der Waals surface area contributed by atoms with Crippen LogP contribution in [0, 0.1) is 0 Å². The van der Waals surface area contributed by atoms with E-state index in [1.807, 2.05) is 24.3 Å². The summed E-state index contributed by atoms with van der Waals surface area (Å²) in [5.41, 5.74) is 0.828. The van der Waals surface area contributed by atoms with Gasteiger partial charge in [0.05, 0.1) is 0 Å². The van der Waals surface area contributed by atoms with Gasteiger partial charge in [0.25, 0.3) is 0 Å². The lowest BCUT2D eigenvalue weighted by Gasteiger charge is -2.13. The molecule has 4 heteroatoms. The summed E-state index contributed by atoms with van der Waals surface area (Å²) < 4.78 is 17.5. The van der Waals surface area contributed by atoms with Crippen LogP contribution in [0.25, 0.3) is 0 Å². The summed E-state index contributed by atoms with van der Waals surface area (Å²) in [7, 11) is 0. The van der Waals surface area contributed by atoms with Crippen LogP contribution >= 0.6 is 15.9 Å². The summed E-state index contributed by atoms with van der Waals surface area (Å²) in [5, 5.41) is 0. The van der Waals surface area contributed by atoms with E-state index in [0.29, 0.717) is 0 Å². The van der Waals surface area contributed by atoms with Gasteiger partial charge in [-0.3, -0.25) is 0 Å². The van der Waals surface area contributed by atoms with Gasteiger partial charge in [0.2, 0.25) is 0 Å². The van der Waals surface area contributed by atoms with Crippen molar-refractivity contribution in [2.24, 2.45) is 0 Å². The molecule has 14 heavy (non-hydrogen) atoms. The Hall–Kier alpha value is -0.900. The molecule has 0 radical (unpaired) electrons. The van der Waals surface area contributed by atoms with E-state index in [1.165, 1.54) is 0 Å². The number of esters is 1. The number of carbonyl (C=O) groups excluding carboxylic acids is 1. The van der Waals surface area contributed by atoms with E-state index in [9.17, 15) is 9.18 Å². The van der Waals surface area contributed by atoms with Crippen LogP contribution < -0.4 is 0 Å². The van der Waals surface area contributed by atoms with Crippen LogP contribution in [0.15, 0.2) is 28.7 Å². The van der Waals surface area contributed by atoms with Crippen molar-refractivity contribution in [3.05, 3.63) is 34.3 Å². The lowest BCUT2D eigenvalue weighted by Crippen LogP contribution is -2.10. The zero-order valence-corrected chi connectivity index (χ0v) is 9.25. The maximum atomic E-state index is 11.9. The zero-order valence-electron chi connectivity index (χ0n) is 7.67. The van der Waals surface area contributed by atoms with Crippen LogP contribution in [-0.2, 0) is 9.53 Å². The number of halogens is 2. The molecule has 1 unspecified atom stereocenters. The maximum Gasteiger partial charge on any atom is 0.338 e. The molecular formula is C10H10BrFO2. The van der Waals surface area contributed by atoms with Crippen molar-refractivity contribution in [2.45, 2.75) is 13.0 Å². The summed E-state index contributed by atoms with van der Waals surface area (Å²) in [6.45, 7) is 0.614. The first-order chi connectivity index (χ1) is 6.65. The molecule has 0 amide bonds. The average Bonchev–Trinajstić information content (AvgIpc) is 2.18. The van der Waals surface area contributed by atoms with E-state index in [0.717, 1.165) is 10.0 Å². The Morgan fingerprint density at radius 1 is 1.57 bits per heavy atom. The molecule has 0 spiro atoms. The standard InChI is InChI=1S/C10H10BrFO2/c1-7(14-10(13)6-12)8-4-2-3-5-9(8)11/h2-5,7H,6H2,1H3. The fourth-order valence-electron chi connectivity index (χ4n) is 1.10. The monoisotopic (exact) mass is 260 g/mol. The number of alkyl halides is 1. The smallest absolute Gasteiger partial charge is 0.338 e. The lowest BCUT2D eigenvalue weighted by atomic mass is 10.1. The third-order valence-corrected chi connectivity index (χ3v) is 2.48. The molecule has 1 rings (SSSR count). The number of benzene rings is 1. The summed E-state index contributed by atoms with van der Waals surface area (Å²) in [6, 6.07) is 7.35. The van der Waals surface area contributed by atoms with Crippen LogP contribution in [0.3, 0.4) is 0 Å². The van der Waals surface area contributed by atoms with Crippen LogP contribution in [0.2, 0.25) is 0 Å². The molecule has 0 aromatic heterocycles. The Labute approximate surface area is 90.2 Å². The van der Waals surface area contributed by atoms with E-state index >= 15 is 0 Å². The van der Waals surface area contributed by atoms with Gasteiger partial charge in [-0.25, -0.2) is 9.18 Å². The van der Waals surface area contributed by atoms with Gasteiger partial charge in [-0.2, -0.15) is 0 Å². The van der Waals surface area contributed by atoms with Crippen LogP contribution in [0.1, 0.15) is 18.6 Å². The van der Waals surface area contributed by atoms with Gasteiger partial charge >= 0.3 is 5.97 Å². The molecule has 0 saturated heterocycles. The number of carbonyl (C=O) groups is 1. The lowest BCUT2D eigenvalue weighted by molar-refractivity contribution is -0.149. The predicted octanol–water partition coefficient (Wildman–Crippen LogP) is 3.02. The third kappa shape index (κ3) is 2.80. The Morgan fingerprint density at radius 2 is 2.21 bits per heavy atom. The molecule has 0 fully saturated rings. The molecule has 1 aromatic carbocycles. The van der Waals surface area contributed by atoms with Gasteiger partial charge in [0.1, 0.15) is 6.10 Å². The minimum absolute atomic E-state index is 0.436. The molecule has 1 atom stereocenters. The Morgan fingerprint density at radius 3 is 2.79 bits per heavy atom. The maximum absolute atomic E-state index is 11.9. The number of hydrogen-bond donors (Lipinski definition) is 0. The van der Waals surface area contributed by atoms with Gasteiger partial charge in [-0.1, -0.05) is 34.1 Å². The first-order valence-electron chi connectivity index (χ1n) is 4.15. The summed E-state index contributed by atoms with van der Waals surface area (Å²) in [5.74, 6) is -0.840. The van der Waals surface area contributed by atoms with E-state index in [2.05, 4.69) is 15.9 Å². The second kappa shape index (κ2) is 5.10. The molecule has 0 saturated carbocycles. The topological polar surface area (TPSA) is 26.3 Å². The highest BCUT2D eigenvalue weighted by atomic mass is 79.9. The van der Waals surface area contributed by atoms with E-state index < -0.39 is 18.7 Å². The number of ether oxygens (including phenoxy) is 1. The summed E-state index contributed by atoms with van der Waals surface area (Å²) in [4.78, 5) is 10.7. The van der Waals surface area contributed by atoms with Crippen molar-refractivity contribution >= 4 is 21.9 Å².